The third-order valence-electron chi connectivity index (χ3n) is 4.63. The highest BCUT2D eigenvalue weighted by Crippen LogP contribution is 2.18. The molecular weight excluding hydrogens is 428 g/mol. The van der Waals surface area contributed by atoms with E-state index in [1.54, 1.807) is 37.4 Å². The van der Waals surface area contributed by atoms with Crippen molar-refractivity contribution in [1.29, 1.82) is 0 Å². The lowest BCUT2D eigenvalue weighted by molar-refractivity contribution is -0.116. The first kappa shape index (κ1) is 23.1. The van der Waals surface area contributed by atoms with Crippen LogP contribution in [0.4, 0.5) is 5.69 Å². The lowest BCUT2D eigenvalue weighted by Gasteiger charge is -2.12. The zero-order chi connectivity index (χ0) is 23.0. The Labute approximate surface area is 187 Å². The van der Waals surface area contributed by atoms with Crippen LogP contribution in [0.5, 0.6) is 0 Å². The summed E-state index contributed by atoms with van der Waals surface area (Å²) in [4.78, 5) is 28.4. The highest BCUT2D eigenvalue weighted by Gasteiger charge is 2.19. The van der Waals surface area contributed by atoms with E-state index in [2.05, 4.69) is 20.3 Å². The van der Waals surface area contributed by atoms with Crippen LogP contribution in [0.1, 0.15) is 27.9 Å². The van der Waals surface area contributed by atoms with Crippen molar-refractivity contribution in [1.82, 2.24) is 15.0 Å². The highest BCUT2D eigenvalue weighted by molar-refractivity contribution is 7.89. The summed E-state index contributed by atoms with van der Waals surface area (Å²) < 4.78 is 28.1. The minimum Gasteiger partial charge on any atom is -0.352 e. The lowest BCUT2D eigenvalue weighted by atomic mass is 10.1. The minimum atomic E-state index is -3.81. The molecule has 0 aliphatic rings. The molecule has 32 heavy (non-hydrogen) atoms. The van der Waals surface area contributed by atoms with E-state index >= 15 is 0 Å². The van der Waals surface area contributed by atoms with Gasteiger partial charge in [-0.05, 0) is 42.3 Å². The topological polar surface area (TPSA) is 117 Å². The van der Waals surface area contributed by atoms with Crippen LogP contribution in [0.3, 0.4) is 0 Å². The quantitative estimate of drug-likeness (QED) is 0.461. The second-order valence-corrected chi connectivity index (χ2v) is 8.82. The molecule has 3 N–H and O–H groups in total. The van der Waals surface area contributed by atoms with Gasteiger partial charge in [-0.1, -0.05) is 36.4 Å². The van der Waals surface area contributed by atoms with Gasteiger partial charge in [0.15, 0.2) is 0 Å². The fourth-order valence-corrected chi connectivity index (χ4v) is 4.22. The van der Waals surface area contributed by atoms with Crippen LogP contribution in [0, 0.1) is 6.92 Å². The molecule has 166 valence electrons. The Morgan fingerprint density at radius 3 is 2.50 bits per heavy atom. The second kappa shape index (κ2) is 10.7. The molecule has 0 aliphatic heterocycles. The van der Waals surface area contributed by atoms with Gasteiger partial charge in [-0.3, -0.25) is 14.6 Å². The van der Waals surface area contributed by atoms with E-state index in [0.29, 0.717) is 11.3 Å². The number of carbonyl (C=O) groups excluding carboxylic acids is 2. The fourth-order valence-electron chi connectivity index (χ4n) is 2.93. The van der Waals surface area contributed by atoms with Crippen LogP contribution in [0.2, 0.25) is 0 Å². The number of nitrogens with zero attached hydrogens (tertiary/aromatic N) is 1. The standard InChI is InChI=1S/C23H24N4O4S/c1-17-9-10-19(14-21(17)32(30,31)26-15-18-6-3-2-4-7-18)23(29)25-13-11-22(28)27-20-8-5-12-24-16-20/h2-10,12,14,16,26H,11,13,15H2,1H3,(H,25,29)(H,27,28). The van der Waals surface area contributed by atoms with Crippen molar-refractivity contribution in [2.75, 3.05) is 11.9 Å². The first-order valence-electron chi connectivity index (χ1n) is 9.97. The molecule has 2 amide bonds. The zero-order valence-electron chi connectivity index (χ0n) is 17.5. The molecule has 0 aliphatic carbocycles. The van der Waals surface area contributed by atoms with Gasteiger partial charge in [0.25, 0.3) is 5.91 Å². The molecule has 0 spiro atoms. The van der Waals surface area contributed by atoms with Crippen molar-refractivity contribution < 1.29 is 18.0 Å². The summed E-state index contributed by atoms with van der Waals surface area (Å²) in [5, 5.41) is 5.32. The van der Waals surface area contributed by atoms with Crippen LogP contribution < -0.4 is 15.4 Å². The minimum absolute atomic E-state index is 0.0374. The highest BCUT2D eigenvalue weighted by atomic mass is 32.2. The number of pyridine rings is 1. The molecule has 0 saturated carbocycles. The summed E-state index contributed by atoms with van der Waals surface area (Å²) in [6.45, 7) is 1.92. The van der Waals surface area contributed by atoms with Crippen molar-refractivity contribution in [3.63, 3.8) is 0 Å². The van der Waals surface area contributed by atoms with Crippen LogP contribution >= 0.6 is 0 Å². The molecule has 0 saturated heterocycles. The van der Waals surface area contributed by atoms with Crippen molar-refractivity contribution in [2.24, 2.45) is 0 Å². The molecule has 0 bridgehead atoms. The molecule has 3 rings (SSSR count). The molecule has 0 unspecified atom stereocenters. The summed E-state index contributed by atoms with van der Waals surface area (Å²) in [6.07, 6.45) is 3.19. The van der Waals surface area contributed by atoms with Gasteiger partial charge in [0.2, 0.25) is 15.9 Å². The van der Waals surface area contributed by atoms with Crippen LogP contribution in [0.25, 0.3) is 0 Å². The van der Waals surface area contributed by atoms with Gasteiger partial charge >= 0.3 is 0 Å². The Kier molecular flexibility index (Phi) is 7.69. The van der Waals surface area contributed by atoms with Gasteiger partial charge in [0, 0.05) is 31.3 Å². The number of aromatic nitrogens is 1. The Morgan fingerprint density at radius 2 is 1.78 bits per heavy atom. The zero-order valence-corrected chi connectivity index (χ0v) is 18.4. The van der Waals surface area contributed by atoms with Gasteiger partial charge in [-0.15, -0.1) is 0 Å². The lowest BCUT2D eigenvalue weighted by Crippen LogP contribution is -2.28. The Bertz CT molecular complexity index is 1180. The van der Waals surface area contributed by atoms with E-state index in [-0.39, 0.29) is 35.9 Å². The van der Waals surface area contributed by atoms with E-state index in [4.69, 9.17) is 0 Å². The van der Waals surface area contributed by atoms with Crippen molar-refractivity contribution in [3.05, 3.63) is 89.7 Å². The van der Waals surface area contributed by atoms with Gasteiger partial charge in [-0.25, -0.2) is 13.1 Å². The number of rotatable bonds is 9. The summed E-state index contributed by atoms with van der Waals surface area (Å²) in [5.74, 6) is -0.728. The fraction of sp³-hybridized carbons (Fsp3) is 0.174. The summed E-state index contributed by atoms with van der Waals surface area (Å²) in [5.41, 5.74) is 2.12. The van der Waals surface area contributed by atoms with Gasteiger partial charge in [-0.2, -0.15) is 0 Å². The van der Waals surface area contributed by atoms with Gasteiger partial charge < -0.3 is 10.6 Å². The van der Waals surface area contributed by atoms with Crippen molar-refractivity contribution in [2.45, 2.75) is 24.8 Å². The number of hydrogen-bond donors (Lipinski definition) is 3. The number of amides is 2. The second-order valence-electron chi connectivity index (χ2n) is 7.09. The predicted molar refractivity (Wildman–Crippen MR) is 121 cm³/mol. The Morgan fingerprint density at radius 1 is 1.00 bits per heavy atom. The molecule has 2 aromatic carbocycles. The number of carbonyl (C=O) groups is 2. The third kappa shape index (κ3) is 6.47. The number of aryl methyl sites for hydroxylation is 1. The number of benzene rings is 2. The molecule has 1 heterocycles. The molecule has 0 radical (unpaired) electrons. The molecular formula is C23H24N4O4S. The molecule has 9 heteroatoms. The number of anilines is 1. The largest absolute Gasteiger partial charge is 0.352 e. The molecule has 0 fully saturated rings. The number of sulfonamides is 1. The maximum Gasteiger partial charge on any atom is 0.251 e. The van der Waals surface area contributed by atoms with E-state index in [1.807, 2.05) is 30.3 Å². The number of nitrogens with one attached hydrogen (secondary N) is 3. The normalized spacial score (nSPS) is 11.0. The first-order chi connectivity index (χ1) is 15.3. The summed E-state index contributed by atoms with van der Waals surface area (Å²) >= 11 is 0. The third-order valence-corrected chi connectivity index (χ3v) is 6.18. The Balaban J connectivity index is 1.59. The molecule has 8 nitrogen and oxygen atoms in total. The van der Waals surface area contributed by atoms with E-state index in [0.717, 1.165) is 5.56 Å². The first-order valence-corrected chi connectivity index (χ1v) is 11.5. The molecule has 0 atom stereocenters. The Hall–Kier alpha value is -3.56. The predicted octanol–water partition coefficient (Wildman–Crippen LogP) is 2.63. The van der Waals surface area contributed by atoms with Crippen LogP contribution in [0.15, 0.2) is 78.0 Å². The molecule has 1 aromatic heterocycles. The van der Waals surface area contributed by atoms with Crippen molar-refractivity contribution >= 4 is 27.5 Å². The molecule has 3 aromatic rings. The summed E-state index contributed by atoms with van der Waals surface area (Å²) in [6, 6.07) is 17.1. The average molecular weight is 453 g/mol. The van der Waals surface area contributed by atoms with Crippen LogP contribution in [-0.2, 0) is 21.4 Å². The smallest absolute Gasteiger partial charge is 0.251 e. The summed E-state index contributed by atoms with van der Waals surface area (Å²) in [7, 11) is -3.81. The van der Waals surface area contributed by atoms with Gasteiger partial charge in [0.05, 0.1) is 16.8 Å². The van der Waals surface area contributed by atoms with Crippen LogP contribution in [-0.4, -0.2) is 31.8 Å². The van der Waals surface area contributed by atoms with E-state index in [1.165, 1.54) is 12.3 Å². The maximum atomic E-state index is 12.8. The van der Waals surface area contributed by atoms with Crippen molar-refractivity contribution in [3.8, 4) is 0 Å². The van der Waals surface area contributed by atoms with E-state index in [9.17, 15) is 18.0 Å². The number of hydrogen-bond acceptors (Lipinski definition) is 5. The SMILES string of the molecule is Cc1ccc(C(=O)NCCC(=O)Nc2cccnc2)cc1S(=O)(=O)NCc1ccccc1. The van der Waals surface area contributed by atoms with Gasteiger partial charge in [0.1, 0.15) is 0 Å². The average Bonchev–Trinajstić information content (AvgIpc) is 2.79. The van der Waals surface area contributed by atoms with E-state index < -0.39 is 15.9 Å². The monoisotopic (exact) mass is 452 g/mol. The maximum absolute atomic E-state index is 12.8.